The molecule has 0 N–H and O–H groups in total. The summed E-state index contributed by atoms with van der Waals surface area (Å²) < 4.78 is 5.08. The highest BCUT2D eigenvalue weighted by Crippen LogP contribution is 2.20. The summed E-state index contributed by atoms with van der Waals surface area (Å²) in [7, 11) is 1.60. The first-order chi connectivity index (χ1) is 5.92. The Labute approximate surface area is 69.3 Å². The average molecular weight is 161 g/mol. The predicted molar refractivity (Wildman–Crippen MR) is 43.9 cm³/mol. The quantitative estimate of drug-likeness (QED) is 0.626. The minimum Gasteiger partial charge on any atom is -0.494 e. The van der Waals surface area contributed by atoms with E-state index in [4.69, 9.17) is 4.74 Å². The first kappa shape index (κ1) is 6.97. The molecule has 2 heterocycles. The Balaban J connectivity index is 2.79. The standard InChI is InChI=1S/C8H7N3O/c1-12-8-4-9-3-7-6(8)2-10-5-11-7/h2-5H,1H3. The predicted octanol–water partition coefficient (Wildman–Crippen LogP) is 1.03. The van der Waals surface area contributed by atoms with E-state index in [0.29, 0.717) is 5.75 Å². The lowest BCUT2D eigenvalue weighted by Gasteiger charge is -2.01. The number of hydrogen-bond donors (Lipinski definition) is 0. The Bertz CT molecular complexity index is 397. The molecule has 0 aromatic carbocycles. The Hall–Kier alpha value is -1.71. The molecule has 0 aliphatic heterocycles. The van der Waals surface area contributed by atoms with Crippen molar-refractivity contribution in [2.75, 3.05) is 7.11 Å². The molecular weight excluding hydrogens is 154 g/mol. The van der Waals surface area contributed by atoms with Gasteiger partial charge >= 0.3 is 0 Å². The highest BCUT2D eigenvalue weighted by molar-refractivity contribution is 5.82. The van der Waals surface area contributed by atoms with Crippen LogP contribution >= 0.6 is 0 Å². The van der Waals surface area contributed by atoms with Gasteiger partial charge in [0.15, 0.2) is 0 Å². The smallest absolute Gasteiger partial charge is 0.148 e. The Kier molecular flexibility index (Phi) is 1.59. The van der Waals surface area contributed by atoms with Gasteiger partial charge in [-0.2, -0.15) is 0 Å². The van der Waals surface area contributed by atoms with Gasteiger partial charge in [0.1, 0.15) is 12.1 Å². The molecule has 0 aliphatic carbocycles. The van der Waals surface area contributed by atoms with Gasteiger partial charge in [0, 0.05) is 6.20 Å². The van der Waals surface area contributed by atoms with E-state index in [0.717, 1.165) is 10.9 Å². The van der Waals surface area contributed by atoms with Crippen LogP contribution in [0.2, 0.25) is 0 Å². The van der Waals surface area contributed by atoms with Crippen molar-refractivity contribution in [1.29, 1.82) is 0 Å². The second kappa shape index (κ2) is 2.73. The van der Waals surface area contributed by atoms with Gasteiger partial charge in [-0.3, -0.25) is 4.98 Å². The monoisotopic (exact) mass is 161 g/mol. The van der Waals surface area contributed by atoms with E-state index in [9.17, 15) is 0 Å². The third-order valence-corrected chi connectivity index (χ3v) is 1.62. The van der Waals surface area contributed by atoms with Crippen LogP contribution in [0.15, 0.2) is 24.9 Å². The fourth-order valence-corrected chi connectivity index (χ4v) is 1.04. The maximum absolute atomic E-state index is 5.08. The maximum Gasteiger partial charge on any atom is 0.148 e. The van der Waals surface area contributed by atoms with Gasteiger partial charge in [0.25, 0.3) is 0 Å². The molecule has 0 saturated heterocycles. The first-order valence-electron chi connectivity index (χ1n) is 3.49. The molecule has 0 unspecified atom stereocenters. The van der Waals surface area contributed by atoms with Crippen LogP contribution in [0, 0.1) is 0 Å². The fourth-order valence-electron chi connectivity index (χ4n) is 1.04. The topological polar surface area (TPSA) is 47.9 Å². The van der Waals surface area contributed by atoms with Crippen LogP contribution in [0.1, 0.15) is 0 Å². The number of nitrogens with zero attached hydrogens (tertiary/aromatic N) is 3. The van der Waals surface area contributed by atoms with Crippen LogP contribution < -0.4 is 4.74 Å². The zero-order valence-electron chi connectivity index (χ0n) is 6.56. The summed E-state index contributed by atoms with van der Waals surface area (Å²) in [5.74, 6) is 0.702. The minimum atomic E-state index is 0.702. The van der Waals surface area contributed by atoms with Gasteiger partial charge in [0.05, 0.1) is 30.4 Å². The molecule has 4 nitrogen and oxygen atoms in total. The molecule has 0 saturated carbocycles. The third kappa shape index (κ3) is 0.972. The normalized spacial score (nSPS) is 10.1. The Morgan fingerprint density at radius 3 is 2.92 bits per heavy atom. The van der Waals surface area contributed by atoms with Crippen LogP contribution in [0.25, 0.3) is 10.9 Å². The molecule has 2 rings (SSSR count). The van der Waals surface area contributed by atoms with Gasteiger partial charge in [-0.05, 0) is 0 Å². The van der Waals surface area contributed by atoms with E-state index >= 15 is 0 Å². The minimum absolute atomic E-state index is 0.702. The second-order valence-corrected chi connectivity index (χ2v) is 2.30. The van der Waals surface area contributed by atoms with E-state index in [1.807, 2.05) is 0 Å². The van der Waals surface area contributed by atoms with Crippen molar-refractivity contribution in [2.45, 2.75) is 0 Å². The Morgan fingerprint density at radius 1 is 1.17 bits per heavy atom. The summed E-state index contributed by atoms with van der Waals surface area (Å²) in [5.41, 5.74) is 0.796. The summed E-state index contributed by atoms with van der Waals surface area (Å²) in [6.45, 7) is 0. The van der Waals surface area contributed by atoms with E-state index in [-0.39, 0.29) is 0 Å². The highest BCUT2D eigenvalue weighted by Gasteiger charge is 2.00. The van der Waals surface area contributed by atoms with Crippen LogP contribution in [-0.4, -0.2) is 22.1 Å². The number of ether oxygens (including phenoxy) is 1. The molecule has 12 heavy (non-hydrogen) atoms. The number of aromatic nitrogens is 3. The van der Waals surface area contributed by atoms with Gasteiger partial charge < -0.3 is 4.74 Å². The molecule has 0 bridgehead atoms. The van der Waals surface area contributed by atoms with Crippen LogP contribution in [0.5, 0.6) is 5.75 Å². The van der Waals surface area contributed by atoms with Crippen molar-refractivity contribution in [2.24, 2.45) is 0 Å². The molecule has 60 valence electrons. The SMILES string of the molecule is COc1cncc2ncncc12. The summed E-state index contributed by atoms with van der Waals surface area (Å²) in [6.07, 6.45) is 6.53. The Morgan fingerprint density at radius 2 is 2.08 bits per heavy atom. The molecule has 4 heteroatoms. The summed E-state index contributed by atoms with van der Waals surface area (Å²) in [4.78, 5) is 11.9. The fraction of sp³-hybridized carbons (Fsp3) is 0.125. The van der Waals surface area contributed by atoms with Crippen molar-refractivity contribution < 1.29 is 4.74 Å². The molecule has 0 spiro atoms. The van der Waals surface area contributed by atoms with E-state index in [2.05, 4.69) is 15.0 Å². The number of rotatable bonds is 1. The van der Waals surface area contributed by atoms with Crippen LogP contribution in [-0.2, 0) is 0 Å². The van der Waals surface area contributed by atoms with Crippen molar-refractivity contribution in [3.63, 3.8) is 0 Å². The lowest BCUT2D eigenvalue weighted by atomic mass is 10.3. The number of fused-ring (bicyclic) bond motifs is 1. The second-order valence-electron chi connectivity index (χ2n) is 2.30. The van der Waals surface area contributed by atoms with Gasteiger partial charge in [0.2, 0.25) is 0 Å². The summed E-state index contributed by atoms with van der Waals surface area (Å²) in [5, 5.41) is 0.884. The van der Waals surface area contributed by atoms with Crippen LogP contribution in [0.4, 0.5) is 0 Å². The van der Waals surface area contributed by atoms with Crippen molar-refractivity contribution in [1.82, 2.24) is 15.0 Å². The van der Waals surface area contributed by atoms with E-state index in [1.165, 1.54) is 6.33 Å². The zero-order chi connectivity index (χ0) is 8.39. The van der Waals surface area contributed by atoms with Gasteiger partial charge in [-0.1, -0.05) is 0 Å². The molecule has 0 atom stereocenters. The number of pyridine rings is 1. The largest absolute Gasteiger partial charge is 0.494 e. The lowest BCUT2D eigenvalue weighted by molar-refractivity contribution is 0.418. The molecule has 0 amide bonds. The summed E-state index contributed by atoms with van der Waals surface area (Å²) >= 11 is 0. The molecule has 0 radical (unpaired) electrons. The maximum atomic E-state index is 5.08. The molecule has 2 aromatic heterocycles. The molecule has 0 aliphatic rings. The van der Waals surface area contributed by atoms with Crippen molar-refractivity contribution >= 4 is 10.9 Å². The number of hydrogen-bond acceptors (Lipinski definition) is 4. The first-order valence-corrected chi connectivity index (χ1v) is 3.49. The lowest BCUT2D eigenvalue weighted by Crippen LogP contribution is -1.88. The molecule has 0 fully saturated rings. The molecular formula is C8H7N3O. The van der Waals surface area contributed by atoms with Crippen LogP contribution in [0.3, 0.4) is 0 Å². The van der Waals surface area contributed by atoms with Gasteiger partial charge in [-0.15, -0.1) is 0 Å². The molecule has 2 aromatic rings. The van der Waals surface area contributed by atoms with E-state index in [1.54, 1.807) is 25.7 Å². The van der Waals surface area contributed by atoms with Gasteiger partial charge in [-0.25, -0.2) is 9.97 Å². The average Bonchev–Trinajstić information content (AvgIpc) is 2.17. The van der Waals surface area contributed by atoms with Crippen molar-refractivity contribution in [3.8, 4) is 5.75 Å². The highest BCUT2D eigenvalue weighted by atomic mass is 16.5. The summed E-state index contributed by atoms with van der Waals surface area (Å²) in [6, 6.07) is 0. The zero-order valence-corrected chi connectivity index (χ0v) is 6.56. The van der Waals surface area contributed by atoms with Crippen molar-refractivity contribution in [3.05, 3.63) is 24.9 Å². The van der Waals surface area contributed by atoms with E-state index < -0.39 is 0 Å². The third-order valence-electron chi connectivity index (χ3n) is 1.62. The number of methoxy groups -OCH3 is 1.